The van der Waals surface area contributed by atoms with Gasteiger partial charge in [0, 0.05) is 24.1 Å². The van der Waals surface area contributed by atoms with Crippen LogP contribution in [0.5, 0.6) is 5.75 Å². The van der Waals surface area contributed by atoms with Crippen molar-refractivity contribution in [1.82, 2.24) is 4.98 Å². The Kier molecular flexibility index (Phi) is 5.74. The summed E-state index contributed by atoms with van der Waals surface area (Å²) in [5, 5.41) is 8.82. The molecule has 0 radical (unpaired) electrons. The maximum atomic E-state index is 13.7. The molecule has 0 amide bonds. The average Bonchev–Trinajstić information content (AvgIpc) is 2.60. The Morgan fingerprint density at radius 3 is 2.21 bits per heavy atom. The largest absolute Gasteiger partial charge is 0.490 e. The van der Waals surface area contributed by atoms with Gasteiger partial charge in [0.1, 0.15) is 11.3 Å². The first-order valence-electron chi connectivity index (χ1n) is 8.93. The molecule has 1 aromatic carbocycles. The standard InChI is InChI=1S/C19H19F6NO2/c20-18(21,22)11-1-4-13(5-2-11)28-16-8-7-15-14(17(16)19(23,24)25)6-3-12(26-15)9-10-27/h3,6-8,11,13,27H,1-2,4-5,9-10H2. The van der Waals surface area contributed by atoms with Crippen molar-refractivity contribution in [2.75, 3.05) is 6.61 Å². The second kappa shape index (κ2) is 7.77. The van der Waals surface area contributed by atoms with Gasteiger partial charge in [-0.05, 0) is 43.9 Å². The van der Waals surface area contributed by atoms with Gasteiger partial charge in [0.15, 0.2) is 0 Å². The Balaban J connectivity index is 1.88. The van der Waals surface area contributed by atoms with Crippen molar-refractivity contribution in [1.29, 1.82) is 0 Å². The van der Waals surface area contributed by atoms with Crippen LogP contribution in [0, 0.1) is 5.92 Å². The quantitative estimate of drug-likeness (QED) is 0.701. The molecule has 1 aliphatic rings. The van der Waals surface area contributed by atoms with Crippen LogP contribution < -0.4 is 4.74 Å². The van der Waals surface area contributed by atoms with Crippen LogP contribution in [0.2, 0.25) is 0 Å². The fraction of sp³-hybridized carbons (Fsp3) is 0.526. The molecule has 9 heteroatoms. The number of aliphatic hydroxyl groups is 1. The van der Waals surface area contributed by atoms with Crippen LogP contribution in [0.25, 0.3) is 10.9 Å². The molecule has 0 unspecified atom stereocenters. The van der Waals surface area contributed by atoms with E-state index in [-0.39, 0.29) is 49.6 Å². The van der Waals surface area contributed by atoms with E-state index in [0.29, 0.717) is 5.69 Å². The molecule has 1 N–H and O–H groups in total. The molecule has 3 nitrogen and oxygen atoms in total. The highest BCUT2D eigenvalue weighted by molar-refractivity contribution is 5.85. The van der Waals surface area contributed by atoms with Gasteiger partial charge in [0.25, 0.3) is 0 Å². The molecule has 0 aliphatic heterocycles. The summed E-state index contributed by atoms with van der Waals surface area (Å²) < 4.78 is 84.9. The third-order valence-electron chi connectivity index (χ3n) is 4.97. The van der Waals surface area contributed by atoms with E-state index in [4.69, 9.17) is 9.84 Å². The van der Waals surface area contributed by atoms with E-state index >= 15 is 0 Å². The van der Waals surface area contributed by atoms with E-state index in [9.17, 15) is 26.3 Å². The predicted molar refractivity (Wildman–Crippen MR) is 90.0 cm³/mol. The number of fused-ring (bicyclic) bond motifs is 1. The van der Waals surface area contributed by atoms with E-state index < -0.39 is 35.7 Å². The van der Waals surface area contributed by atoms with E-state index in [1.165, 1.54) is 18.2 Å². The maximum absolute atomic E-state index is 13.7. The van der Waals surface area contributed by atoms with Gasteiger partial charge in [-0.3, -0.25) is 4.98 Å². The van der Waals surface area contributed by atoms with Gasteiger partial charge in [-0.2, -0.15) is 26.3 Å². The van der Waals surface area contributed by atoms with Crippen LogP contribution in [0.15, 0.2) is 24.3 Å². The molecular formula is C19H19F6NO2. The monoisotopic (exact) mass is 407 g/mol. The highest BCUT2D eigenvalue weighted by atomic mass is 19.4. The van der Waals surface area contributed by atoms with Gasteiger partial charge in [0.2, 0.25) is 0 Å². The molecule has 28 heavy (non-hydrogen) atoms. The van der Waals surface area contributed by atoms with Crippen molar-refractivity contribution in [2.24, 2.45) is 5.92 Å². The number of halogens is 6. The zero-order valence-electron chi connectivity index (χ0n) is 14.8. The van der Waals surface area contributed by atoms with E-state index in [2.05, 4.69) is 4.98 Å². The summed E-state index contributed by atoms with van der Waals surface area (Å²) in [5.41, 5.74) is -0.403. The van der Waals surface area contributed by atoms with Crippen molar-refractivity contribution in [3.05, 3.63) is 35.5 Å². The number of benzene rings is 1. The molecule has 1 aliphatic carbocycles. The van der Waals surface area contributed by atoms with Crippen LogP contribution in [0.3, 0.4) is 0 Å². The first-order chi connectivity index (χ1) is 13.1. The number of nitrogens with zero attached hydrogens (tertiary/aromatic N) is 1. The Morgan fingerprint density at radius 1 is 0.964 bits per heavy atom. The molecule has 2 aromatic rings. The first-order valence-corrected chi connectivity index (χ1v) is 8.93. The number of aromatic nitrogens is 1. The summed E-state index contributed by atoms with van der Waals surface area (Å²) >= 11 is 0. The minimum absolute atomic E-state index is 0.0488. The number of rotatable bonds is 4. The minimum Gasteiger partial charge on any atom is -0.490 e. The molecule has 154 valence electrons. The number of aliphatic hydroxyl groups excluding tert-OH is 1. The van der Waals surface area contributed by atoms with E-state index in [0.717, 1.165) is 6.07 Å². The third kappa shape index (κ3) is 4.51. The summed E-state index contributed by atoms with van der Waals surface area (Å²) in [6.07, 6.45) is -9.69. The summed E-state index contributed by atoms with van der Waals surface area (Å²) in [7, 11) is 0. The summed E-state index contributed by atoms with van der Waals surface area (Å²) in [4.78, 5) is 4.12. The van der Waals surface area contributed by atoms with Crippen molar-refractivity contribution in [3.8, 4) is 5.75 Å². The molecule has 0 spiro atoms. The topological polar surface area (TPSA) is 42.4 Å². The number of hydrogen-bond donors (Lipinski definition) is 1. The highest BCUT2D eigenvalue weighted by Gasteiger charge is 2.42. The Labute approximate surface area is 157 Å². The second-order valence-corrected chi connectivity index (χ2v) is 6.91. The SMILES string of the molecule is OCCc1ccc2c(C(F)(F)F)c(OC3CCC(C(F)(F)F)CC3)ccc2n1. The third-order valence-corrected chi connectivity index (χ3v) is 4.97. The summed E-state index contributed by atoms with van der Waals surface area (Å²) in [6, 6.07) is 5.24. The van der Waals surface area contributed by atoms with Crippen molar-refractivity contribution in [3.63, 3.8) is 0 Å². The smallest absolute Gasteiger partial charge is 0.420 e. The summed E-state index contributed by atoms with van der Waals surface area (Å²) in [5.74, 6) is -1.83. The number of pyridine rings is 1. The molecule has 0 atom stereocenters. The van der Waals surface area contributed by atoms with Gasteiger partial charge in [-0.1, -0.05) is 6.07 Å². The number of hydrogen-bond acceptors (Lipinski definition) is 3. The molecule has 1 saturated carbocycles. The van der Waals surface area contributed by atoms with Crippen molar-refractivity contribution < 1.29 is 36.2 Å². The van der Waals surface area contributed by atoms with Gasteiger partial charge >= 0.3 is 12.4 Å². The fourth-order valence-corrected chi connectivity index (χ4v) is 3.56. The zero-order chi connectivity index (χ0) is 20.5. The molecule has 0 bridgehead atoms. The fourth-order valence-electron chi connectivity index (χ4n) is 3.56. The lowest BCUT2D eigenvalue weighted by atomic mass is 9.87. The molecule has 1 aromatic heterocycles. The van der Waals surface area contributed by atoms with Gasteiger partial charge in [-0.25, -0.2) is 0 Å². The predicted octanol–water partition coefficient (Wildman–Crippen LogP) is 5.29. The van der Waals surface area contributed by atoms with E-state index in [1.807, 2.05) is 0 Å². The molecule has 3 rings (SSSR count). The Morgan fingerprint density at radius 2 is 1.64 bits per heavy atom. The van der Waals surface area contributed by atoms with Crippen molar-refractivity contribution >= 4 is 10.9 Å². The van der Waals surface area contributed by atoms with Crippen LogP contribution in [0.1, 0.15) is 36.9 Å². The molecular weight excluding hydrogens is 388 g/mol. The normalized spacial score (nSPS) is 21.1. The molecule has 1 fully saturated rings. The highest BCUT2D eigenvalue weighted by Crippen LogP contribution is 2.43. The van der Waals surface area contributed by atoms with Gasteiger partial charge in [0.05, 0.1) is 17.5 Å². The Hall–Kier alpha value is -2.03. The van der Waals surface area contributed by atoms with Crippen molar-refractivity contribution in [2.45, 2.75) is 50.6 Å². The van der Waals surface area contributed by atoms with Crippen LogP contribution in [-0.2, 0) is 12.6 Å². The van der Waals surface area contributed by atoms with Crippen LogP contribution in [0.4, 0.5) is 26.3 Å². The zero-order valence-corrected chi connectivity index (χ0v) is 14.8. The lowest BCUT2D eigenvalue weighted by Gasteiger charge is -2.31. The van der Waals surface area contributed by atoms with Crippen LogP contribution >= 0.6 is 0 Å². The minimum atomic E-state index is -4.71. The Bertz CT molecular complexity index is 826. The van der Waals surface area contributed by atoms with Gasteiger partial charge < -0.3 is 9.84 Å². The van der Waals surface area contributed by atoms with Crippen LogP contribution in [-0.4, -0.2) is 29.0 Å². The molecule has 0 saturated heterocycles. The second-order valence-electron chi connectivity index (χ2n) is 6.91. The molecule has 1 heterocycles. The number of alkyl halides is 6. The lowest BCUT2D eigenvalue weighted by molar-refractivity contribution is -0.185. The van der Waals surface area contributed by atoms with E-state index in [1.54, 1.807) is 0 Å². The maximum Gasteiger partial charge on any atom is 0.420 e. The first kappa shape index (κ1) is 20.7. The lowest BCUT2D eigenvalue weighted by Crippen LogP contribution is -2.32. The summed E-state index contributed by atoms with van der Waals surface area (Å²) in [6.45, 7) is -0.174. The average molecular weight is 407 g/mol. The van der Waals surface area contributed by atoms with Gasteiger partial charge in [-0.15, -0.1) is 0 Å². The number of ether oxygens (including phenoxy) is 1.